The minimum atomic E-state index is -0.463. The third kappa shape index (κ3) is 3.65. The number of nitrogens with zero attached hydrogens (tertiary/aromatic N) is 4. The predicted octanol–water partition coefficient (Wildman–Crippen LogP) is 3.00. The molecule has 0 unspecified atom stereocenters. The van der Waals surface area contributed by atoms with E-state index in [1.54, 1.807) is 24.3 Å². The zero-order valence-corrected chi connectivity index (χ0v) is 14.8. The van der Waals surface area contributed by atoms with Gasteiger partial charge in [-0.1, -0.05) is 59.9 Å². The van der Waals surface area contributed by atoms with Gasteiger partial charge in [0.25, 0.3) is 11.5 Å². The smallest absolute Gasteiger partial charge is 0.277 e. The van der Waals surface area contributed by atoms with Crippen LogP contribution in [0.2, 0.25) is 0 Å². The average molecular weight is 375 g/mol. The fourth-order valence-corrected chi connectivity index (χ4v) is 3.16. The third-order valence-electron chi connectivity index (χ3n) is 3.70. The Hall–Kier alpha value is -3.65. The lowest BCUT2D eigenvalue weighted by Gasteiger charge is -2.06. The van der Waals surface area contributed by atoms with Crippen molar-refractivity contribution in [3.05, 3.63) is 88.8 Å². The first kappa shape index (κ1) is 16.8. The molecule has 8 heteroatoms. The second-order valence-corrected chi connectivity index (χ2v) is 6.51. The molecule has 2 aromatic heterocycles. The minimum absolute atomic E-state index is 0.106. The highest BCUT2D eigenvalue weighted by Crippen LogP contribution is 2.26. The Morgan fingerprint density at radius 1 is 0.889 bits per heavy atom. The molecule has 1 N–H and O–H groups in total. The highest BCUT2D eigenvalue weighted by molar-refractivity contribution is 7.18. The number of rotatable bonds is 4. The molecule has 0 aliphatic rings. The van der Waals surface area contributed by atoms with Crippen molar-refractivity contribution < 1.29 is 4.79 Å². The van der Waals surface area contributed by atoms with Gasteiger partial charge in [0.15, 0.2) is 0 Å². The van der Waals surface area contributed by atoms with Crippen molar-refractivity contribution in [2.45, 2.75) is 0 Å². The van der Waals surface area contributed by atoms with Crippen molar-refractivity contribution in [3.8, 4) is 16.3 Å². The number of carbonyl (C=O) groups excluding carboxylic acids is 1. The molecule has 0 saturated heterocycles. The molecule has 27 heavy (non-hydrogen) atoms. The van der Waals surface area contributed by atoms with E-state index in [1.165, 1.54) is 28.2 Å². The Kier molecular flexibility index (Phi) is 4.54. The van der Waals surface area contributed by atoms with E-state index >= 15 is 0 Å². The Morgan fingerprint density at radius 2 is 1.59 bits per heavy atom. The topological polar surface area (TPSA) is 89.8 Å². The van der Waals surface area contributed by atoms with Crippen LogP contribution in [0.15, 0.2) is 77.6 Å². The monoisotopic (exact) mass is 375 g/mol. The number of nitrogens with one attached hydrogen (secondary N) is 1. The summed E-state index contributed by atoms with van der Waals surface area (Å²) in [4.78, 5) is 24.6. The third-order valence-corrected chi connectivity index (χ3v) is 4.59. The molecule has 0 spiro atoms. The van der Waals surface area contributed by atoms with E-state index in [4.69, 9.17) is 0 Å². The molecule has 0 bridgehead atoms. The molecule has 0 radical (unpaired) electrons. The molecule has 1 amide bonds. The van der Waals surface area contributed by atoms with Crippen molar-refractivity contribution in [2.75, 3.05) is 5.32 Å². The van der Waals surface area contributed by atoms with Crippen molar-refractivity contribution in [1.29, 1.82) is 0 Å². The van der Waals surface area contributed by atoms with Crippen molar-refractivity contribution in [1.82, 2.24) is 20.0 Å². The van der Waals surface area contributed by atoms with E-state index in [-0.39, 0.29) is 11.3 Å². The second kappa shape index (κ2) is 7.30. The number of aromatic nitrogens is 4. The lowest BCUT2D eigenvalue weighted by molar-refractivity contribution is 0.102. The van der Waals surface area contributed by atoms with Crippen molar-refractivity contribution in [2.24, 2.45) is 0 Å². The maximum absolute atomic E-state index is 12.5. The van der Waals surface area contributed by atoms with Gasteiger partial charge in [0.05, 0.1) is 5.69 Å². The van der Waals surface area contributed by atoms with Crippen molar-refractivity contribution >= 4 is 22.4 Å². The Bertz CT molecular complexity index is 1140. The SMILES string of the molecule is O=C(Nc1nnc(-c2ccccc2)s1)c1ccc(=O)n(-c2ccccc2)n1. The maximum Gasteiger partial charge on any atom is 0.277 e. The van der Waals surface area contributed by atoms with E-state index in [2.05, 4.69) is 20.6 Å². The molecular formula is C19H13N5O2S. The van der Waals surface area contributed by atoms with Crippen molar-refractivity contribution in [3.63, 3.8) is 0 Å². The van der Waals surface area contributed by atoms with E-state index in [0.717, 1.165) is 5.56 Å². The molecule has 132 valence electrons. The van der Waals surface area contributed by atoms with Crippen LogP contribution >= 0.6 is 11.3 Å². The molecule has 0 saturated carbocycles. The molecule has 2 heterocycles. The summed E-state index contributed by atoms with van der Waals surface area (Å²) >= 11 is 1.26. The van der Waals surface area contributed by atoms with Crippen LogP contribution in [0.5, 0.6) is 0 Å². The van der Waals surface area contributed by atoms with Gasteiger partial charge in [-0.05, 0) is 18.2 Å². The molecule has 0 aliphatic carbocycles. The van der Waals surface area contributed by atoms with E-state index in [1.807, 2.05) is 36.4 Å². The van der Waals surface area contributed by atoms with Gasteiger partial charge in [-0.2, -0.15) is 9.78 Å². The van der Waals surface area contributed by atoms with Crippen LogP contribution in [-0.4, -0.2) is 25.9 Å². The molecule has 4 aromatic rings. The molecule has 7 nitrogen and oxygen atoms in total. The summed E-state index contributed by atoms with van der Waals surface area (Å²) < 4.78 is 1.18. The molecule has 0 aliphatic heterocycles. The van der Waals surface area contributed by atoms with Crippen LogP contribution in [0.25, 0.3) is 16.3 Å². The average Bonchev–Trinajstić information content (AvgIpc) is 3.18. The lowest BCUT2D eigenvalue weighted by atomic mass is 10.2. The van der Waals surface area contributed by atoms with Gasteiger partial charge in [0.2, 0.25) is 5.13 Å². The first-order chi connectivity index (χ1) is 13.2. The second-order valence-electron chi connectivity index (χ2n) is 5.54. The van der Waals surface area contributed by atoms with Crippen LogP contribution in [0.3, 0.4) is 0 Å². The first-order valence-corrected chi connectivity index (χ1v) is 8.88. The molecule has 0 atom stereocenters. The van der Waals surface area contributed by atoms with Gasteiger partial charge in [-0.25, -0.2) is 0 Å². The van der Waals surface area contributed by atoms with Crippen LogP contribution in [-0.2, 0) is 0 Å². The highest BCUT2D eigenvalue weighted by Gasteiger charge is 2.14. The quantitative estimate of drug-likeness (QED) is 0.592. The summed E-state index contributed by atoms with van der Waals surface area (Å²) in [6.07, 6.45) is 0. The van der Waals surface area contributed by atoms with Gasteiger partial charge in [-0.15, -0.1) is 10.2 Å². The number of benzene rings is 2. The number of anilines is 1. The fourth-order valence-electron chi connectivity index (χ4n) is 2.42. The number of para-hydroxylation sites is 1. The summed E-state index contributed by atoms with van der Waals surface area (Å²) in [6, 6.07) is 21.2. The van der Waals surface area contributed by atoms with Gasteiger partial charge in [0.1, 0.15) is 10.7 Å². The first-order valence-electron chi connectivity index (χ1n) is 8.07. The normalized spacial score (nSPS) is 10.5. The van der Waals surface area contributed by atoms with Gasteiger partial charge >= 0.3 is 0 Å². The summed E-state index contributed by atoms with van der Waals surface area (Å²) in [7, 11) is 0. The zero-order chi connectivity index (χ0) is 18.6. The number of carbonyl (C=O) groups is 1. The van der Waals surface area contributed by atoms with Gasteiger partial charge in [-0.3, -0.25) is 14.9 Å². The Morgan fingerprint density at radius 3 is 2.33 bits per heavy atom. The van der Waals surface area contributed by atoms with Crippen LogP contribution in [0.1, 0.15) is 10.5 Å². The molecule has 0 fully saturated rings. The molecule has 4 rings (SSSR count). The standard InChI is InChI=1S/C19H13N5O2S/c25-16-12-11-15(23-24(16)14-9-5-2-6-10-14)17(26)20-19-22-21-18(27-19)13-7-3-1-4-8-13/h1-12H,(H,20,22,26). The Balaban J connectivity index is 1.57. The summed E-state index contributed by atoms with van der Waals surface area (Å²) in [5.41, 5.74) is 1.29. The Labute approximate surface area is 158 Å². The number of hydrogen-bond acceptors (Lipinski definition) is 6. The van der Waals surface area contributed by atoms with Crippen LogP contribution in [0.4, 0.5) is 5.13 Å². The summed E-state index contributed by atoms with van der Waals surface area (Å²) in [5, 5.41) is 16.0. The highest BCUT2D eigenvalue weighted by atomic mass is 32.1. The summed E-state index contributed by atoms with van der Waals surface area (Å²) in [5.74, 6) is -0.463. The van der Waals surface area contributed by atoms with Crippen LogP contribution in [0, 0.1) is 0 Å². The number of hydrogen-bond donors (Lipinski definition) is 1. The maximum atomic E-state index is 12.5. The van der Waals surface area contributed by atoms with E-state index in [9.17, 15) is 9.59 Å². The van der Waals surface area contributed by atoms with E-state index < -0.39 is 5.91 Å². The van der Waals surface area contributed by atoms with Crippen LogP contribution < -0.4 is 10.9 Å². The predicted molar refractivity (Wildman–Crippen MR) is 103 cm³/mol. The van der Waals surface area contributed by atoms with Gasteiger partial charge in [0, 0.05) is 11.6 Å². The summed E-state index contributed by atoms with van der Waals surface area (Å²) in [6.45, 7) is 0. The largest absolute Gasteiger partial charge is 0.295 e. The molecular weight excluding hydrogens is 362 g/mol. The number of amides is 1. The molecule has 2 aromatic carbocycles. The fraction of sp³-hybridized carbons (Fsp3) is 0. The lowest BCUT2D eigenvalue weighted by Crippen LogP contribution is -2.24. The zero-order valence-electron chi connectivity index (χ0n) is 13.9. The van der Waals surface area contributed by atoms with Gasteiger partial charge < -0.3 is 0 Å². The van der Waals surface area contributed by atoms with E-state index in [0.29, 0.717) is 15.8 Å². The minimum Gasteiger partial charge on any atom is -0.295 e.